The lowest BCUT2D eigenvalue weighted by Gasteiger charge is -2.08. The lowest BCUT2D eigenvalue weighted by molar-refractivity contribution is -0.274. The Hall–Kier alpha value is -3.81. The number of aryl methyl sites for hydroxylation is 1. The lowest BCUT2D eigenvalue weighted by atomic mass is 10.2. The summed E-state index contributed by atoms with van der Waals surface area (Å²) in [4.78, 5) is 20.7. The smallest absolute Gasteiger partial charge is 0.462 e. The number of hydrogen-bond acceptors (Lipinski definition) is 9. The molecule has 1 N–H and O–H groups in total. The molecule has 0 bridgehead atoms. The molecule has 0 aliphatic rings. The Balaban J connectivity index is 1.70. The van der Waals surface area contributed by atoms with Crippen LogP contribution in [0.25, 0.3) is 22.1 Å². The monoisotopic (exact) mass is 512 g/mol. The fourth-order valence-electron chi connectivity index (χ4n) is 3.30. The Bertz CT molecular complexity index is 1510. The van der Waals surface area contributed by atoms with E-state index in [1.165, 1.54) is 18.2 Å². The molecule has 0 unspecified atom stereocenters. The standard InChI is InChI=1S/C21H19F3N4O6S/c1-3-32-18(29)12-4-7-16-15(10-12)25-19(28(16)8-9-35(2,30)31)27-20-26-14-6-5-13(11-17(14)33-20)34-21(22,23)24/h4-7,10-11H,3,8-9H2,1-2H3,(H,25,26,27). The maximum Gasteiger partial charge on any atom is 0.573 e. The van der Waals surface area contributed by atoms with Crippen molar-refractivity contribution in [2.24, 2.45) is 0 Å². The molecule has 0 aliphatic carbocycles. The highest BCUT2D eigenvalue weighted by Crippen LogP contribution is 2.30. The van der Waals surface area contributed by atoms with Crippen LogP contribution in [0.15, 0.2) is 40.8 Å². The molecule has 0 radical (unpaired) electrons. The summed E-state index contributed by atoms with van der Waals surface area (Å²) >= 11 is 0. The van der Waals surface area contributed by atoms with Gasteiger partial charge in [0, 0.05) is 18.9 Å². The number of carbonyl (C=O) groups is 1. The number of ether oxygens (including phenoxy) is 2. The zero-order valence-electron chi connectivity index (χ0n) is 18.4. The summed E-state index contributed by atoms with van der Waals surface area (Å²) < 4.78 is 77.0. The minimum Gasteiger partial charge on any atom is -0.462 e. The van der Waals surface area contributed by atoms with Gasteiger partial charge in [-0.2, -0.15) is 4.98 Å². The van der Waals surface area contributed by atoms with Gasteiger partial charge in [-0.05, 0) is 37.3 Å². The van der Waals surface area contributed by atoms with Crippen molar-refractivity contribution in [3.63, 3.8) is 0 Å². The fraction of sp³-hybridized carbons (Fsp3) is 0.286. The lowest BCUT2D eigenvalue weighted by Crippen LogP contribution is -2.16. The second-order valence-electron chi connectivity index (χ2n) is 7.46. The number of sulfone groups is 1. The Labute approximate surface area is 196 Å². The van der Waals surface area contributed by atoms with E-state index in [2.05, 4.69) is 20.0 Å². The summed E-state index contributed by atoms with van der Waals surface area (Å²) in [6, 6.07) is 7.98. The van der Waals surface area contributed by atoms with E-state index in [1.807, 2.05) is 0 Å². The van der Waals surface area contributed by atoms with Crippen molar-refractivity contribution in [2.75, 3.05) is 23.9 Å². The molecule has 0 spiro atoms. The molecule has 4 rings (SSSR count). The first kappa shape index (κ1) is 24.3. The van der Waals surface area contributed by atoms with Crippen LogP contribution >= 0.6 is 0 Å². The van der Waals surface area contributed by atoms with Gasteiger partial charge in [-0.3, -0.25) is 5.32 Å². The van der Waals surface area contributed by atoms with E-state index in [9.17, 15) is 26.4 Å². The summed E-state index contributed by atoms with van der Waals surface area (Å²) in [7, 11) is -3.32. The average Bonchev–Trinajstić information content (AvgIpc) is 3.30. The van der Waals surface area contributed by atoms with Gasteiger partial charge in [0.1, 0.15) is 21.1 Å². The first-order valence-electron chi connectivity index (χ1n) is 10.2. The van der Waals surface area contributed by atoms with Crippen molar-refractivity contribution in [3.8, 4) is 5.75 Å². The quantitative estimate of drug-likeness (QED) is 0.348. The molecule has 2 aromatic carbocycles. The first-order chi connectivity index (χ1) is 16.4. The first-order valence-corrected chi connectivity index (χ1v) is 12.3. The number of esters is 1. The predicted octanol–water partition coefficient (Wildman–Crippen LogP) is 4.04. The highest BCUT2D eigenvalue weighted by atomic mass is 32.2. The average molecular weight is 512 g/mol. The third kappa shape index (κ3) is 5.82. The molecule has 0 fully saturated rings. The largest absolute Gasteiger partial charge is 0.573 e. The third-order valence-electron chi connectivity index (χ3n) is 4.76. The second kappa shape index (κ2) is 9.09. The van der Waals surface area contributed by atoms with Gasteiger partial charge in [-0.1, -0.05) is 0 Å². The summed E-state index contributed by atoms with van der Waals surface area (Å²) in [5, 5.41) is 2.83. The molecule has 0 aliphatic heterocycles. The van der Waals surface area contributed by atoms with E-state index in [-0.39, 0.29) is 47.5 Å². The van der Waals surface area contributed by atoms with Crippen LogP contribution in [0.3, 0.4) is 0 Å². The number of benzene rings is 2. The van der Waals surface area contributed by atoms with Gasteiger partial charge in [0.05, 0.1) is 29.0 Å². The summed E-state index contributed by atoms with van der Waals surface area (Å²) in [5.74, 6) is -1.05. The highest BCUT2D eigenvalue weighted by molar-refractivity contribution is 7.90. The number of nitrogens with zero attached hydrogens (tertiary/aromatic N) is 3. The van der Waals surface area contributed by atoms with Crippen LogP contribution in [-0.4, -0.2) is 53.9 Å². The van der Waals surface area contributed by atoms with Crippen LogP contribution < -0.4 is 10.1 Å². The molecule has 35 heavy (non-hydrogen) atoms. The molecule has 4 aromatic rings. The minimum absolute atomic E-state index is 0.0256. The van der Waals surface area contributed by atoms with Crippen LogP contribution in [0, 0.1) is 0 Å². The van der Waals surface area contributed by atoms with E-state index in [4.69, 9.17) is 9.15 Å². The molecule has 0 saturated heterocycles. The number of rotatable bonds is 8. The molecular formula is C21H19F3N4O6S. The molecule has 2 heterocycles. The van der Waals surface area contributed by atoms with Crippen molar-refractivity contribution in [2.45, 2.75) is 19.8 Å². The number of alkyl halides is 3. The van der Waals surface area contributed by atoms with Gasteiger partial charge in [0.2, 0.25) is 5.95 Å². The topological polar surface area (TPSA) is 126 Å². The molecule has 0 saturated carbocycles. The van der Waals surface area contributed by atoms with Crippen LogP contribution in [0.5, 0.6) is 5.75 Å². The van der Waals surface area contributed by atoms with Crippen molar-refractivity contribution in [1.82, 2.24) is 14.5 Å². The Morgan fingerprint density at radius 1 is 1.14 bits per heavy atom. The molecule has 14 heteroatoms. The van der Waals surface area contributed by atoms with Gasteiger partial charge in [-0.25, -0.2) is 18.2 Å². The number of aromatic nitrogens is 3. The Kier molecular flexibility index (Phi) is 6.32. The number of nitrogens with one attached hydrogen (secondary N) is 1. The molecule has 0 atom stereocenters. The van der Waals surface area contributed by atoms with Crippen LogP contribution in [0.1, 0.15) is 17.3 Å². The van der Waals surface area contributed by atoms with Gasteiger partial charge >= 0.3 is 18.3 Å². The normalized spacial score (nSPS) is 12.3. The highest BCUT2D eigenvalue weighted by Gasteiger charge is 2.31. The van der Waals surface area contributed by atoms with Crippen LogP contribution in [-0.2, 0) is 21.1 Å². The maximum atomic E-state index is 12.5. The number of fused-ring (bicyclic) bond motifs is 2. The van der Waals surface area contributed by atoms with Gasteiger partial charge in [0.15, 0.2) is 5.58 Å². The SMILES string of the molecule is CCOC(=O)c1ccc2c(c1)nc(Nc1nc3ccc(OC(F)(F)F)cc3o1)n2CCS(C)(=O)=O. The van der Waals surface area contributed by atoms with Crippen molar-refractivity contribution in [3.05, 3.63) is 42.0 Å². The zero-order chi connectivity index (χ0) is 25.4. The molecular weight excluding hydrogens is 493 g/mol. The van der Waals surface area contributed by atoms with E-state index in [0.29, 0.717) is 11.0 Å². The number of carbonyl (C=O) groups excluding carboxylic acids is 1. The molecule has 2 aromatic heterocycles. The Morgan fingerprint density at radius 2 is 1.91 bits per heavy atom. The summed E-state index contributed by atoms with van der Waals surface area (Å²) in [6.45, 7) is 1.90. The van der Waals surface area contributed by atoms with Crippen molar-refractivity contribution < 1.29 is 40.3 Å². The van der Waals surface area contributed by atoms with Crippen molar-refractivity contribution in [1.29, 1.82) is 0 Å². The van der Waals surface area contributed by atoms with Crippen molar-refractivity contribution >= 4 is 49.9 Å². The van der Waals surface area contributed by atoms with Gasteiger partial charge < -0.3 is 18.5 Å². The van der Waals surface area contributed by atoms with E-state index >= 15 is 0 Å². The number of hydrogen-bond donors (Lipinski definition) is 1. The fourth-order valence-corrected chi connectivity index (χ4v) is 3.82. The second-order valence-corrected chi connectivity index (χ2v) is 9.72. The molecule has 0 amide bonds. The predicted molar refractivity (Wildman–Crippen MR) is 119 cm³/mol. The third-order valence-corrected chi connectivity index (χ3v) is 5.68. The van der Waals surface area contributed by atoms with Crippen LogP contribution in [0.2, 0.25) is 0 Å². The van der Waals surface area contributed by atoms with E-state index in [1.54, 1.807) is 17.6 Å². The number of halogens is 3. The van der Waals surface area contributed by atoms with Crippen LogP contribution in [0.4, 0.5) is 25.1 Å². The number of anilines is 2. The van der Waals surface area contributed by atoms with E-state index in [0.717, 1.165) is 18.4 Å². The summed E-state index contributed by atoms with van der Waals surface area (Å²) in [5.41, 5.74) is 1.45. The zero-order valence-corrected chi connectivity index (χ0v) is 19.2. The number of imidazole rings is 1. The Morgan fingerprint density at radius 3 is 2.60 bits per heavy atom. The molecule has 10 nitrogen and oxygen atoms in total. The molecule has 186 valence electrons. The summed E-state index contributed by atoms with van der Waals surface area (Å²) in [6.07, 6.45) is -3.76. The number of oxazole rings is 1. The van der Waals surface area contributed by atoms with Gasteiger partial charge in [0.25, 0.3) is 0 Å². The minimum atomic E-state index is -4.86. The van der Waals surface area contributed by atoms with Gasteiger partial charge in [-0.15, -0.1) is 13.2 Å². The maximum absolute atomic E-state index is 12.5. The van der Waals surface area contributed by atoms with E-state index < -0.39 is 27.9 Å².